The Labute approximate surface area is 154 Å². The number of nitrogens with two attached hydrogens (primary N) is 1. The van der Waals surface area contributed by atoms with Crippen LogP contribution in [0.15, 0.2) is 72.3 Å². The third-order valence-corrected chi connectivity index (χ3v) is 5.07. The first-order valence-corrected chi connectivity index (χ1v) is 9.45. The first kappa shape index (κ1) is 17.2. The predicted molar refractivity (Wildman–Crippen MR) is 99.5 cm³/mol. The molecule has 0 unspecified atom stereocenters. The number of aromatic nitrogens is 3. The maximum Gasteiger partial charge on any atom is 0.239 e. The van der Waals surface area contributed by atoms with E-state index in [9.17, 15) is 8.42 Å². The fraction of sp³-hybridized carbons (Fsp3) is 0. The van der Waals surface area contributed by atoms with Gasteiger partial charge in [-0.1, -0.05) is 0 Å². The lowest BCUT2D eigenvalue weighted by molar-refractivity contribution is 0.597. The molecule has 2 N–H and O–H groups in total. The third-order valence-electron chi connectivity index (χ3n) is 4.19. The highest BCUT2D eigenvalue weighted by atomic mass is 32.2. The van der Waals surface area contributed by atoms with Crippen molar-refractivity contribution in [1.29, 1.82) is 0 Å². The van der Waals surface area contributed by atoms with Gasteiger partial charge in [0.25, 0.3) is 0 Å². The molecule has 4 rings (SSSR count). The molecule has 0 bridgehead atoms. The number of fused-ring (bicyclic) bond motifs is 1. The summed E-state index contributed by atoms with van der Waals surface area (Å²) in [5, 5.41) is 5.49. The smallest absolute Gasteiger partial charge is 0.239 e. The summed E-state index contributed by atoms with van der Waals surface area (Å²) in [6.07, 6.45) is 7.38. The van der Waals surface area contributed by atoms with E-state index in [2.05, 4.69) is 15.0 Å². The lowest BCUT2D eigenvalue weighted by atomic mass is 9.97. The number of hydrogen-bond acceptors (Lipinski definition) is 5. The zero-order valence-electron chi connectivity index (χ0n) is 13.9. The minimum atomic E-state index is -3.94. The molecule has 3 heterocycles. The van der Waals surface area contributed by atoms with E-state index in [1.165, 1.54) is 12.3 Å². The van der Waals surface area contributed by atoms with Crippen LogP contribution in [0.5, 0.6) is 0 Å². The molecule has 0 fully saturated rings. The van der Waals surface area contributed by atoms with Crippen molar-refractivity contribution < 1.29 is 12.8 Å². The highest BCUT2D eigenvalue weighted by molar-refractivity contribution is 7.89. The molecule has 0 spiro atoms. The van der Waals surface area contributed by atoms with Gasteiger partial charge in [-0.25, -0.2) is 17.9 Å². The Kier molecular flexibility index (Phi) is 4.14. The summed E-state index contributed by atoms with van der Waals surface area (Å²) in [7, 11) is -3.94. The van der Waals surface area contributed by atoms with E-state index in [1.807, 2.05) is 0 Å². The van der Waals surface area contributed by atoms with Gasteiger partial charge in [0.1, 0.15) is 10.7 Å². The van der Waals surface area contributed by atoms with Gasteiger partial charge in [0.15, 0.2) is 0 Å². The fourth-order valence-electron chi connectivity index (χ4n) is 2.92. The maximum atomic E-state index is 15.5. The molecule has 0 amide bonds. The van der Waals surface area contributed by atoms with Crippen LogP contribution in [0, 0.1) is 5.82 Å². The molecule has 0 saturated carbocycles. The van der Waals surface area contributed by atoms with Crippen LogP contribution in [0.25, 0.3) is 33.2 Å². The van der Waals surface area contributed by atoms with Gasteiger partial charge in [0.05, 0.1) is 5.52 Å². The summed E-state index contributed by atoms with van der Waals surface area (Å²) >= 11 is 0. The molecule has 0 saturated heterocycles. The van der Waals surface area contributed by atoms with Gasteiger partial charge in [-0.05, 0) is 47.5 Å². The molecule has 0 aliphatic carbocycles. The standard InChI is InChI=1S/C19H13FN4O2S/c20-19-16(13-9-14(11-23-10-13)27(21,25)26)1-2-17-18(19)15(5-8-24-17)12-3-6-22-7-4-12/h1-11H,(H2,21,25,26). The molecular formula is C19H13FN4O2S. The van der Waals surface area contributed by atoms with Gasteiger partial charge in [-0.15, -0.1) is 0 Å². The van der Waals surface area contributed by atoms with E-state index in [0.717, 1.165) is 11.8 Å². The number of halogens is 1. The second-order valence-electron chi connectivity index (χ2n) is 5.87. The normalized spacial score (nSPS) is 11.6. The molecule has 0 aliphatic heterocycles. The Hall–Kier alpha value is -3.23. The number of rotatable bonds is 3. The van der Waals surface area contributed by atoms with Crippen molar-refractivity contribution in [3.63, 3.8) is 0 Å². The van der Waals surface area contributed by atoms with E-state index < -0.39 is 15.8 Å². The van der Waals surface area contributed by atoms with Crippen LogP contribution in [0.3, 0.4) is 0 Å². The van der Waals surface area contributed by atoms with E-state index in [-0.39, 0.29) is 10.5 Å². The summed E-state index contributed by atoms with van der Waals surface area (Å²) in [5.41, 5.74) is 2.47. The van der Waals surface area contributed by atoms with Crippen molar-refractivity contribution in [1.82, 2.24) is 15.0 Å². The number of benzene rings is 1. The quantitative estimate of drug-likeness (QED) is 0.589. The number of sulfonamides is 1. The largest absolute Gasteiger partial charge is 0.265 e. The molecule has 27 heavy (non-hydrogen) atoms. The van der Waals surface area contributed by atoms with E-state index in [0.29, 0.717) is 22.0 Å². The second kappa shape index (κ2) is 6.49. The average Bonchev–Trinajstić information content (AvgIpc) is 2.68. The van der Waals surface area contributed by atoms with Gasteiger partial charge in [-0.3, -0.25) is 15.0 Å². The first-order valence-electron chi connectivity index (χ1n) is 7.91. The molecule has 3 aromatic heterocycles. The van der Waals surface area contributed by atoms with Crippen molar-refractivity contribution in [2.24, 2.45) is 5.14 Å². The van der Waals surface area contributed by atoms with Crippen LogP contribution >= 0.6 is 0 Å². The van der Waals surface area contributed by atoms with Gasteiger partial charge in [0.2, 0.25) is 10.0 Å². The Balaban J connectivity index is 1.98. The Morgan fingerprint density at radius 1 is 0.852 bits per heavy atom. The monoisotopic (exact) mass is 380 g/mol. The lowest BCUT2D eigenvalue weighted by Gasteiger charge is -2.11. The van der Waals surface area contributed by atoms with E-state index in [4.69, 9.17) is 5.14 Å². The molecule has 8 heteroatoms. The van der Waals surface area contributed by atoms with Crippen LogP contribution in [0.2, 0.25) is 0 Å². The Morgan fingerprint density at radius 2 is 1.63 bits per heavy atom. The predicted octanol–water partition coefficient (Wildman–Crippen LogP) is 3.15. The van der Waals surface area contributed by atoms with Crippen LogP contribution in [-0.4, -0.2) is 23.4 Å². The van der Waals surface area contributed by atoms with Crippen molar-refractivity contribution >= 4 is 20.9 Å². The fourth-order valence-corrected chi connectivity index (χ4v) is 3.42. The van der Waals surface area contributed by atoms with Crippen LogP contribution in [0.1, 0.15) is 0 Å². The number of pyridine rings is 3. The summed E-state index contributed by atoms with van der Waals surface area (Å²) in [4.78, 5) is 11.9. The molecule has 0 atom stereocenters. The van der Waals surface area contributed by atoms with Crippen molar-refractivity contribution in [2.45, 2.75) is 4.90 Å². The topological polar surface area (TPSA) is 98.8 Å². The minimum absolute atomic E-state index is 0.181. The van der Waals surface area contributed by atoms with Crippen molar-refractivity contribution in [3.8, 4) is 22.3 Å². The molecule has 0 aliphatic rings. The molecule has 1 aromatic carbocycles. The molecule has 6 nitrogen and oxygen atoms in total. The van der Waals surface area contributed by atoms with Gasteiger partial charge in [-0.2, -0.15) is 0 Å². The van der Waals surface area contributed by atoms with Crippen molar-refractivity contribution in [3.05, 3.63) is 73.2 Å². The molecule has 0 radical (unpaired) electrons. The van der Waals surface area contributed by atoms with Crippen LogP contribution in [-0.2, 0) is 10.0 Å². The van der Waals surface area contributed by atoms with E-state index in [1.54, 1.807) is 48.9 Å². The highest BCUT2D eigenvalue weighted by Crippen LogP contribution is 2.34. The highest BCUT2D eigenvalue weighted by Gasteiger charge is 2.16. The first-order chi connectivity index (χ1) is 12.9. The molecule has 134 valence electrons. The molecule has 4 aromatic rings. The zero-order chi connectivity index (χ0) is 19.0. The SMILES string of the molecule is NS(=O)(=O)c1cncc(-c2ccc3nccc(-c4ccncc4)c3c2F)c1. The van der Waals surface area contributed by atoms with Gasteiger partial charge >= 0.3 is 0 Å². The van der Waals surface area contributed by atoms with E-state index >= 15 is 4.39 Å². The summed E-state index contributed by atoms with van der Waals surface area (Å²) in [6.45, 7) is 0. The van der Waals surface area contributed by atoms with Crippen LogP contribution < -0.4 is 5.14 Å². The minimum Gasteiger partial charge on any atom is -0.265 e. The summed E-state index contributed by atoms with van der Waals surface area (Å²) < 4.78 is 38.6. The number of hydrogen-bond donors (Lipinski definition) is 1. The van der Waals surface area contributed by atoms with Gasteiger partial charge < -0.3 is 0 Å². The average molecular weight is 380 g/mol. The Morgan fingerprint density at radius 3 is 2.37 bits per heavy atom. The summed E-state index contributed by atoms with van der Waals surface area (Å²) in [6, 6.07) is 9.82. The number of nitrogens with zero attached hydrogens (tertiary/aromatic N) is 3. The number of primary sulfonamides is 1. The zero-order valence-corrected chi connectivity index (χ0v) is 14.7. The second-order valence-corrected chi connectivity index (χ2v) is 7.43. The van der Waals surface area contributed by atoms with Crippen molar-refractivity contribution in [2.75, 3.05) is 0 Å². The molecular weight excluding hydrogens is 367 g/mol. The third kappa shape index (κ3) is 3.16. The summed E-state index contributed by atoms with van der Waals surface area (Å²) in [5.74, 6) is -0.513. The van der Waals surface area contributed by atoms with Crippen LogP contribution in [0.4, 0.5) is 4.39 Å². The van der Waals surface area contributed by atoms with Gasteiger partial charge in [0, 0.05) is 47.5 Å². The lowest BCUT2D eigenvalue weighted by Crippen LogP contribution is -2.12. The maximum absolute atomic E-state index is 15.5. The Bertz CT molecular complexity index is 1260.